The van der Waals surface area contributed by atoms with Crippen LogP contribution in [0.15, 0.2) is 45.9 Å². The van der Waals surface area contributed by atoms with Gasteiger partial charge >= 0.3 is 5.97 Å². The van der Waals surface area contributed by atoms with E-state index in [9.17, 15) is 14.9 Å². The second-order valence-electron chi connectivity index (χ2n) is 7.68. The van der Waals surface area contributed by atoms with Gasteiger partial charge in [-0.3, -0.25) is 9.69 Å². The predicted octanol–water partition coefficient (Wildman–Crippen LogP) is 3.66. The minimum atomic E-state index is -0.441. The van der Waals surface area contributed by atoms with Gasteiger partial charge in [0.2, 0.25) is 0 Å². The molecule has 1 aliphatic heterocycles. The van der Waals surface area contributed by atoms with E-state index < -0.39 is 5.97 Å². The average molecular weight is 442 g/mol. The molecule has 1 unspecified atom stereocenters. The maximum Gasteiger partial charge on any atom is 0.341 e. The average Bonchev–Trinajstić information content (AvgIpc) is 3.26. The molecule has 164 valence electrons. The highest BCUT2D eigenvalue weighted by Gasteiger charge is 2.29. The Morgan fingerprint density at radius 1 is 1.16 bits per heavy atom. The molecular weight excluding hydrogens is 414 g/mol. The molecule has 1 aliphatic rings. The summed E-state index contributed by atoms with van der Waals surface area (Å²) in [4.78, 5) is 29.9. The standard InChI is InChI=1S/C23H27N3O4S/c1-16(2)19(14-24)25-9-11-26(12-10-25)22(27)18-6-4-5-7-21(18)31-15-20-17(8-13-30-20)23(28)29-3/h4-8,13,16,19H,9-12,15H2,1-3H3. The fraction of sp³-hybridized carbons (Fsp3) is 0.435. The van der Waals surface area contributed by atoms with Gasteiger partial charge in [-0.2, -0.15) is 5.26 Å². The molecular formula is C23H27N3O4S. The summed E-state index contributed by atoms with van der Waals surface area (Å²) in [6.07, 6.45) is 1.46. The number of carbonyl (C=O) groups excluding carboxylic acids is 2. The first-order valence-electron chi connectivity index (χ1n) is 10.3. The maximum absolute atomic E-state index is 13.2. The lowest BCUT2D eigenvalue weighted by Gasteiger charge is -2.38. The zero-order valence-corrected chi connectivity index (χ0v) is 18.9. The number of piperazine rings is 1. The summed E-state index contributed by atoms with van der Waals surface area (Å²) in [6, 6.07) is 11.3. The first kappa shape index (κ1) is 22.9. The first-order valence-corrected chi connectivity index (χ1v) is 11.2. The Hall–Kier alpha value is -2.76. The summed E-state index contributed by atoms with van der Waals surface area (Å²) in [5.41, 5.74) is 1.03. The van der Waals surface area contributed by atoms with Gasteiger partial charge in [0.15, 0.2) is 0 Å². The van der Waals surface area contributed by atoms with Crippen LogP contribution in [0.3, 0.4) is 0 Å². The Balaban J connectivity index is 1.67. The molecule has 1 aromatic carbocycles. The number of ether oxygens (including phenoxy) is 1. The van der Waals surface area contributed by atoms with Crippen molar-refractivity contribution in [3.05, 3.63) is 53.5 Å². The van der Waals surface area contributed by atoms with Gasteiger partial charge in [0.05, 0.1) is 30.8 Å². The van der Waals surface area contributed by atoms with Crippen molar-refractivity contribution in [1.29, 1.82) is 5.26 Å². The van der Waals surface area contributed by atoms with Crippen LogP contribution >= 0.6 is 11.8 Å². The number of amides is 1. The molecule has 1 amide bonds. The molecule has 1 saturated heterocycles. The summed E-state index contributed by atoms with van der Waals surface area (Å²) in [5, 5.41) is 9.43. The largest absolute Gasteiger partial charge is 0.468 e. The monoisotopic (exact) mass is 441 g/mol. The van der Waals surface area contributed by atoms with Crippen molar-refractivity contribution in [3.63, 3.8) is 0 Å². The Kier molecular flexibility index (Phi) is 7.77. The van der Waals surface area contributed by atoms with E-state index in [1.165, 1.54) is 25.1 Å². The van der Waals surface area contributed by atoms with Crippen LogP contribution in [0.25, 0.3) is 0 Å². The van der Waals surface area contributed by atoms with Crippen molar-refractivity contribution in [2.24, 2.45) is 5.92 Å². The van der Waals surface area contributed by atoms with Crippen LogP contribution < -0.4 is 0 Å². The van der Waals surface area contributed by atoms with Gasteiger partial charge in [-0.15, -0.1) is 11.8 Å². The molecule has 0 N–H and O–H groups in total. The van der Waals surface area contributed by atoms with E-state index in [1.807, 2.05) is 43.0 Å². The third-order valence-electron chi connectivity index (χ3n) is 5.39. The fourth-order valence-electron chi connectivity index (χ4n) is 3.68. The van der Waals surface area contributed by atoms with E-state index in [4.69, 9.17) is 9.15 Å². The summed E-state index contributed by atoms with van der Waals surface area (Å²) in [7, 11) is 1.33. The molecule has 3 rings (SSSR count). The molecule has 7 nitrogen and oxygen atoms in total. The normalized spacial score (nSPS) is 15.5. The van der Waals surface area contributed by atoms with Crippen molar-refractivity contribution >= 4 is 23.6 Å². The van der Waals surface area contributed by atoms with E-state index >= 15 is 0 Å². The van der Waals surface area contributed by atoms with Crippen LogP contribution in [0.4, 0.5) is 0 Å². The van der Waals surface area contributed by atoms with E-state index in [0.717, 1.165) is 4.90 Å². The smallest absolute Gasteiger partial charge is 0.341 e. The minimum absolute atomic E-state index is 0.0200. The topological polar surface area (TPSA) is 86.8 Å². The fourth-order valence-corrected chi connectivity index (χ4v) is 4.68. The second kappa shape index (κ2) is 10.5. The highest BCUT2D eigenvalue weighted by molar-refractivity contribution is 7.98. The summed E-state index contributed by atoms with van der Waals surface area (Å²) >= 11 is 1.45. The third-order valence-corrected chi connectivity index (χ3v) is 6.46. The Morgan fingerprint density at radius 2 is 1.87 bits per heavy atom. The molecule has 31 heavy (non-hydrogen) atoms. The lowest BCUT2D eigenvalue weighted by molar-refractivity contribution is 0.0571. The van der Waals surface area contributed by atoms with Crippen molar-refractivity contribution in [2.45, 2.75) is 30.5 Å². The van der Waals surface area contributed by atoms with E-state index in [0.29, 0.717) is 48.8 Å². The number of furan rings is 1. The SMILES string of the molecule is COC(=O)c1ccoc1CSc1ccccc1C(=O)N1CCN(C(C#N)C(C)C)CC1. The summed E-state index contributed by atoms with van der Waals surface area (Å²) in [6.45, 7) is 6.65. The van der Waals surface area contributed by atoms with Gasteiger partial charge in [0.25, 0.3) is 5.91 Å². The van der Waals surface area contributed by atoms with E-state index in [-0.39, 0.29) is 17.9 Å². The lowest BCUT2D eigenvalue weighted by atomic mass is 10.0. The first-order chi connectivity index (χ1) is 15.0. The van der Waals surface area contributed by atoms with Gasteiger partial charge in [-0.25, -0.2) is 4.79 Å². The summed E-state index contributed by atoms with van der Waals surface area (Å²) in [5.74, 6) is 0.718. The van der Waals surface area contributed by atoms with E-state index in [1.54, 1.807) is 6.07 Å². The molecule has 0 bridgehead atoms. The van der Waals surface area contributed by atoms with Crippen molar-refractivity contribution in [1.82, 2.24) is 9.80 Å². The quantitative estimate of drug-likeness (QED) is 0.479. The number of benzene rings is 1. The van der Waals surface area contributed by atoms with Crippen molar-refractivity contribution in [2.75, 3.05) is 33.3 Å². The number of nitriles is 1. The predicted molar refractivity (Wildman–Crippen MR) is 118 cm³/mol. The molecule has 2 heterocycles. The second-order valence-corrected chi connectivity index (χ2v) is 8.70. The lowest BCUT2D eigenvalue weighted by Crippen LogP contribution is -2.52. The Labute approximate surface area is 186 Å². The Morgan fingerprint density at radius 3 is 2.52 bits per heavy atom. The van der Waals surface area contributed by atoms with Crippen LogP contribution in [0, 0.1) is 17.2 Å². The molecule has 0 saturated carbocycles. The van der Waals surface area contributed by atoms with Crippen LogP contribution in [-0.2, 0) is 10.5 Å². The zero-order valence-electron chi connectivity index (χ0n) is 18.0. The van der Waals surface area contributed by atoms with Crippen LogP contribution in [0.5, 0.6) is 0 Å². The number of hydrogen-bond acceptors (Lipinski definition) is 7. The van der Waals surface area contributed by atoms with Gasteiger partial charge in [-0.05, 0) is 24.1 Å². The zero-order chi connectivity index (χ0) is 22.4. The highest BCUT2D eigenvalue weighted by Crippen LogP contribution is 2.29. The number of rotatable bonds is 7. The molecule has 2 aromatic rings. The summed E-state index contributed by atoms with van der Waals surface area (Å²) < 4.78 is 10.2. The van der Waals surface area contributed by atoms with Crippen LogP contribution in [0.2, 0.25) is 0 Å². The Bertz CT molecular complexity index is 958. The van der Waals surface area contributed by atoms with Gasteiger partial charge in [0.1, 0.15) is 17.4 Å². The molecule has 1 fully saturated rings. The molecule has 1 atom stereocenters. The number of methoxy groups -OCH3 is 1. The minimum Gasteiger partial charge on any atom is -0.468 e. The number of nitrogens with zero attached hydrogens (tertiary/aromatic N) is 3. The maximum atomic E-state index is 13.2. The number of carbonyl (C=O) groups is 2. The van der Waals surface area contributed by atoms with Crippen molar-refractivity contribution < 1.29 is 18.7 Å². The van der Waals surface area contributed by atoms with Crippen LogP contribution in [0.1, 0.15) is 40.3 Å². The van der Waals surface area contributed by atoms with Crippen molar-refractivity contribution in [3.8, 4) is 6.07 Å². The molecule has 8 heteroatoms. The number of esters is 1. The highest BCUT2D eigenvalue weighted by atomic mass is 32.2. The van der Waals surface area contributed by atoms with Gasteiger partial charge < -0.3 is 14.1 Å². The van der Waals surface area contributed by atoms with Gasteiger partial charge in [-0.1, -0.05) is 26.0 Å². The molecule has 0 spiro atoms. The van der Waals surface area contributed by atoms with Gasteiger partial charge in [0, 0.05) is 31.1 Å². The van der Waals surface area contributed by atoms with Crippen LogP contribution in [-0.4, -0.2) is 61.0 Å². The molecule has 1 aromatic heterocycles. The third kappa shape index (κ3) is 5.30. The molecule has 0 radical (unpaired) electrons. The number of hydrogen-bond donors (Lipinski definition) is 0. The number of thioether (sulfide) groups is 1. The molecule has 0 aliphatic carbocycles. The van der Waals surface area contributed by atoms with E-state index in [2.05, 4.69) is 11.0 Å².